The number of pyridine rings is 1. The molecule has 0 radical (unpaired) electrons. The van der Waals surface area contributed by atoms with E-state index in [2.05, 4.69) is 10.3 Å². The van der Waals surface area contributed by atoms with Crippen LogP contribution in [0.5, 0.6) is 0 Å². The van der Waals surface area contributed by atoms with Gasteiger partial charge >= 0.3 is 0 Å². The van der Waals surface area contributed by atoms with Crippen molar-refractivity contribution in [1.29, 1.82) is 0 Å². The fourth-order valence-corrected chi connectivity index (χ4v) is 1.79. The molecule has 1 aliphatic carbocycles. The van der Waals surface area contributed by atoms with E-state index in [0.29, 0.717) is 18.9 Å². The maximum absolute atomic E-state index is 10.5. The monoisotopic (exact) mass is 256 g/mol. The fraction of sp³-hybridized carbons (Fsp3) is 0.500. The minimum Gasteiger partial charge on any atom is -0.368 e. The number of nitrogens with zero attached hydrogens (tertiary/aromatic N) is 2. The normalized spacial score (nSPS) is 16.6. The molecule has 0 aliphatic heterocycles. The third-order valence-electron chi connectivity index (χ3n) is 3.06. The van der Waals surface area contributed by atoms with Crippen molar-refractivity contribution in [1.82, 2.24) is 4.98 Å². The van der Waals surface area contributed by atoms with Crippen molar-refractivity contribution in [2.75, 3.05) is 18.4 Å². The first-order valence-corrected chi connectivity index (χ1v) is 5.68. The molecule has 1 fully saturated rings. The summed E-state index contributed by atoms with van der Waals surface area (Å²) in [5.41, 5.74) is 5.70. The molecule has 1 aromatic heterocycles. The van der Waals surface area contributed by atoms with E-state index in [9.17, 15) is 10.1 Å². The largest absolute Gasteiger partial charge is 0.368 e. The third kappa shape index (κ3) is 2.65. The van der Waals surface area contributed by atoms with Gasteiger partial charge in [0.25, 0.3) is 5.69 Å². The molecule has 1 saturated carbocycles. The summed E-state index contributed by atoms with van der Waals surface area (Å²) >= 11 is 5.91. The Hall–Kier alpha value is -1.40. The minimum atomic E-state index is -0.523. The molecule has 6 nitrogen and oxygen atoms in total. The van der Waals surface area contributed by atoms with Crippen LogP contribution in [0.1, 0.15) is 12.8 Å². The van der Waals surface area contributed by atoms with Gasteiger partial charge < -0.3 is 11.1 Å². The molecule has 1 aromatic rings. The molecule has 7 heteroatoms. The van der Waals surface area contributed by atoms with Crippen LogP contribution in [0.4, 0.5) is 11.5 Å². The van der Waals surface area contributed by atoms with Gasteiger partial charge in [-0.05, 0) is 24.8 Å². The third-order valence-corrected chi connectivity index (χ3v) is 3.35. The molecule has 92 valence electrons. The second-order valence-corrected chi connectivity index (χ2v) is 4.75. The van der Waals surface area contributed by atoms with Crippen LogP contribution in [-0.2, 0) is 0 Å². The molecule has 0 bridgehead atoms. The summed E-state index contributed by atoms with van der Waals surface area (Å²) in [7, 11) is 0. The number of rotatable bonds is 5. The van der Waals surface area contributed by atoms with Crippen molar-refractivity contribution >= 4 is 23.1 Å². The summed E-state index contributed by atoms with van der Waals surface area (Å²) in [5, 5.41) is 13.9. The summed E-state index contributed by atoms with van der Waals surface area (Å²) in [6, 6.07) is 1.29. The smallest absolute Gasteiger partial charge is 0.289 e. The van der Waals surface area contributed by atoms with Crippen LogP contribution in [0.15, 0.2) is 12.3 Å². The lowest BCUT2D eigenvalue weighted by Crippen LogP contribution is -2.24. The molecule has 1 aliphatic rings. The second kappa shape index (κ2) is 4.46. The van der Waals surface area contributed by atoms with Gasteiger partial charge in [0.2, 0.25) is 0 Å². The molecule has 17 heavy (non-hydrogen) atoms. The summed E-state index contributed by atoms with van der Waals surface area (Å²) in [6.07, 6.45) is 3.39. The van der Waals surface area contributed by atoms with Crippen LogP contribution >= 0.6 is 11.6 Å². The maximum atomic E-state index is 10.5. The van der Waals surface area contributed by atoms with Gasteiger partial charge in [-0.2, -0.15) is 0 Å². The molecular formula is C10H13ClN4O2. The molecular weight excluding hydrogens is 244 g/mol. The molecule has 3 N–H and O–H groups in total. The molecule has 0 unspecified atom stereocenters. The zero-order valence-corrected chi connectivity index (χ0v) is 9.91. The van der Waals surface area contributed by atoms with E-state index in [-0.39, 0.29) is 16.1 Å². The molecule has 0 saturated heterocycles. The van der Waals surface area contributed by atoms with Gasteiger partial charge in [-0.1, -0.05) is 11.6 Å². The van der Waals surface area contributed by atoms with Crippen molar-refractivity contribution in [2.45, 2.75) is 12.8 Å². The van der Waals surface area contributed by atoms with Gasteiger partial charge in [0, 0.05) is 12.6 Å². The van der Waals surface area contributed by atoms with Gasteiger partial charge in [0.05, 0.1) is 9.95 Å². The maximum Gasteiger partial charge on any atom is 0.289 e. The topological polar surface area (TPSA) is 94.1 Å². The van der Waals surface area contributed by atoms with Gasteiger partial charge in [0.1, 0.15) is 12.0 Å². The Balaban J connectivity index is 2.04. The SMILES string of the molecule is NCC1(CNc2ncc([N+](=O)[O-])cc2Cl)CC1. The number of aromatic nitrogens is 1. The van der Waals surface area contributed by atoms with Crippen molar-refractivity contribution in [3.05, 3.63) is 27.4 Å². The Morgan fingerprint density at radius 3 is 2.82 bits per heavy atom. The Morgan fingerprint density at radius 2 is 2.35 bits per heavy atom. The van der Waals surface area contributed by atoms with E-state index in [1.165, 1.54) is 12.3 Å². The van der Waals surface area contributed by atoms with E-state index in [1.54, 1.807) is 0 Å². The molecule has 0 amide bonds. The lowest BCUT2D eigenvalue weighted by molar-refractivity contribution is -0.385. The Kier molecular flexibility index (Phi) is 3.17. The van der Waals surface area contributed by atoms with Crippen molar-refractivity contribution in [3.8, 4) is 0 Å². The van der Waals surface area contributed by atoms with E-state index >= 15 is 0 Å². The van der Waals surface area contributed by atoms with Crippen molar-refractivity contribution < 1.29 is 4.92 Å². The number of hydrogen-bond acceptors (Lipinski definition) is 5. The van der Waals surface area contributed by atoms with Crippen LogP contribution in [0.2, 0.25) is 5.02 Å². The van der Waals surface area contributed by atoms with E-state index in [0.717, 1.165) is 12.8 Å². The van der Waals surface area contributed by atoms with E-state index < -0.39 is 4.92 Å². The predicted octanol–water partition coefficient (Wildman–Crippen LogP) is 1.79. The van der Waals surface area contributed by atoms with Gasteiger partial charge in [0.15, 0.2) is 0 Å². The van der Waals surface area contributed by atoms with Gasteiger partial charge in [-0.15, -0.1) is 0 Å². The lowest BCUT2D eigenvalue weighted by Gasteiger charge is -2.14. The molecule has 0 aromatic carbocycles. The fourth-order valence-electron chi connectivity index (χ4n) is 1.56. The second-order valence-electron chi connectivity index (χ2n) is 4.34. The zero-order valence-electron chi connectivity index (χ0n) is 9.15. The number of anilines is 1. The zero-order chi connectivity index (χ0) is 12.5. The molecule has 2 rings (SSSR count). The van der Waals surface area contributed by atoms with Gasteiger partial charge in [-0.3, -0.25) is 10.1 Å². The van der Waals surface area contributed by atoms with E-state index in [1.807, 2.05) is 0 Å². The summed E-state index contributed by atoms with van der Waals surface area (Å²) < 4.78 is 0. The predicted molar refractivity (Wildman–Crippen MR) is 65.1 cm³/mol. The highest BCUT2D eigenvalue weighted by atomic mass is 35.5. The Bertz CT molecular complexity index is 448. The Labute approximate surface area is 103 Å². The lowest BCUT2D eigenvalue weighted by atomic mass is 10.1. The first kappa shape index (κ1) is 12.1. The average Bonchev–Trinajstić information content (AvgIpc) is 3.08. The van der Waals surface area contributed by atoms with Crippen molar-refractivity contribution in [3.63, 3.8) is 0 Å². The average molecular weight is 257 g/mol. The summed E-state index contributed by atoms with van der Waals surface area (Å²) in [5.74, 6) is 0.469. The first-order chi connectivity index (χ1) is 8.06. The summed E-state index contributed by atoms with van der Waals surface area (Å²) in [6.45, 7) is 1.33. The number of nitro groups is 1. The number of nitrogens with two attached hydrogens (primary N) is 1. The molecule has 1 heterocycles. The summed E-state index contributed by atoms with van der Waals surface area (Å²) in [4.78, 5) is 13.9. The minimum absolute atomic E-state index is 0.111. The highest BCUT2D eigenvalue weighted by Crippen LogP contribution is 2.44. The van der Waals surface area contributed by atoms with Crippen LogP contribution in [-0.4, -0.2) is 23.0 Å². The van der Waals surface area contributed by atoms with Crippen LogP contribution in [0.3, 0.4) is 0 Å². The highest BCUT2D eigenvalue weighted by molar-refractivity contribution is 6.33. The quantitative estimate of drug-likeness (QED) is 0.619. The number of hydrogen-bond donors (Lipinski definition) is 2. The van der Waals surface area contributed by atoms with Crippen LogP contribution in [0.25, 0.3) is 0 Å². The van der Waals surface area contributed by atoms with Crippen LogP contribution in [0, 0.1) is 15.5 Å². The first-order valence-electron chi connectivity index (χ1n) is 5.30. The standard InChI is InChI=1S/C10H13ClN4O2/c11-8-3-7(15(16)17)4-13-9(8)14-6-10(5-12)1-2-10/h3-4H,1-2,5-6,12H2,(H,13,14). The Morgan fingerprint density at radius 1 is 1.65 bits per heavy atom. The molecule has 0 atom stereocenters. The number of halogens is 1. The van der Waals surface area contributed by atoms with E-state index in [4.69, 9.17) is 17.3 Å². The van der Waals surface area contributed by atoms with Crippen molar-refractivity contribution in [2.24, 2.45) is 11.1 Å². The molecule has 0 spiro atoms. The van der Waals surface area contributed by atoms with Crippen LogP contribution < -0.4 is 11.1 Å². The number of nitrogens with one attached hydrogen (secondary N) is 1. The van der Waals surface area contributed by atoms with Gasteiger partial charge in [-0.25, -0.2) is 4.98 Å². The highest BCUT2D eigenvalue weighted by Gasteiger charge is 2.41.